The van der Waals surface area contributed by atoms with E-state index >= 15 is 0 Å². The van der Waals surface area contributed by atoms with Gasteiger partial charge in [-0.2, -0.15) is 5.26 Å². The second-order valence-electron chi connectivity index (χ2n) is 10.6. The molecule has 3 atom stereocenters. The molecule has 0 unspecified atom stereocenters. The van der Waals surface area contributed by atoms with Crippen molar-refractivity contribution in [3.8, 4) is 6.07 Å². The third-order valence-corrected chi connectivity index (χ3v) is 7.85. The number of aromatic nitrogens is 1. The first-order chi connectivity index (χ1) is 16.9. The zero-order chi connectivity index (χ0) is 24.2. The molecule has 0 radical (unpaired) electrons. The summed E-state index contributed by atoms with van der Waals surface area (Å²) in [6.45, 7) is 10.1. The molecule has 2 aromatic carbocycles. The summed E-state index contributed by atoms with van der Waals surface area (Å²) in [5, 5.41) is 24.6. The van der Waals surface area contributed by atoms with Crippen molar-refractivity contribution in [3.05, 3.63) is 65.4 Å². The lowest BCUT2D eigenvalue weighted by atomic mass is 9.99. The van der Waals surface area contributed by atoms with Crippen LogP contribution in [-0.2, 0) is 6.54 Å². The molecule has 7 heteroatoms. The van der Waals surface area contributed by atoms with Crippen LogP contribution < -0.4 is 15.1 Å². The second-order valence-corrected chi connectivity index (χ2v) is 10.6. The molecular formula is C28H32N6O. The smallest absolute Gasteiger partial charge is 0.101 e. The lowest BCUT2D eigenvalue weighted by molar-refractivity contribution is 0.0729. The zero-order valence-corrected chi connectivity index (χ0v) is 20.4. The minimum atomic E-state index is -0.735. The number of nitrogens with one attached hydrogen (secondary N) is 1. The number of piperazine rings is 1. The maximum absolute atomic E-state index is 10.7. The van der Waals surface area contributed by atoms with Crippen LogP contribution in [-0.4, -0.2) is 65.9 Å². The maximum atomic E-state index is 10.7. The number of hydrogen-bond acceptors (Lipinski definition) is 7. The fraction of sp³-hybridized carbons (Fsp3) is 0.429. The molecule has 180 valence electrons. The summed E-state index contributed by atoms with van der Waals surface area (Å²) in [7, 11) is 0. The van der Waals surface area contributed by atoms with E-state index in [0.717, 1.165) is 49.3 Å². The quantitative estimate of drug-likeness (QED) is 0.599. The maximum Gasteiger partial charge on any atom is 0.101 e. The van der Waals surface area contributed by atoms with E-state index in [0.29, 0.717) is 30.7 Å². The van der Waals surface area contributed by atoms with Crippen molar-refractivity contribution in [2.45, 2.75) is 38.1 Å². The van der Waals surface area contributed by atoms with Gasteiger partial charge in [-0.3, -0.25) is 9.88 Å². The topological polar surface area (TPSA) is 78.7 Å². The molecule has 0 saturated carbocycles. The van der Waals surface area contributed by atoms with E-state index in [2.05, 4.69) is 68.3 Å². The first-order valence-corrected chi connectivity index (χ1v) is 12.5. The van der Waals surface area contributed by atoms with E-state index in [1.807, 2.05) is 19.1 Å². The average Bonchev–Trinajstić information content (AvgIpc) is 3.13. The van der Waals surface area contributed by atoms with Gasteiger partial charge in [-0.05, 0) is 61.4 Å². The monoisotopic (exact) mass is 468 g/mol. The Morgan fingerprint density at radius 2 is 2.06 bits per heavy atom. The van der Waals surface area contributed by atoms with E-state index in [1.54, 1.807) is 6.20 Å². The molecule has 3 aromatic rings. The highest BCUT2D eigenvalue weighted by Gasteiger charge is 2.39. The van der Waals surface area contributed by atoms with Crippen molar-refractivity contribution in [2.24, 2.45) is 0 Å². The molecule has 2 N–H and O–H groups in total. The Bertz CT molecular complexity index is 1310. The summed E-state index contributed by atoms with van der Waals surface area (Å²) in [6, 6.07) is 17.9. The Labute approximate surface area is 206 Å². The first-order valence-electron chi connectivity index (χ1n) is 12.5. The number of nitrogens with zero attached hydrogens (tertiary/aromatic N) is 5. The van der Waals surface area contributed by atoms with E-state index < -0.39 is 5.60 Å². The van der Waals surface area contributed by atoms with E-state index in [4.69, 9.17) is 0 Å². The Morgan fingerprint density at radius 3 is 2.91 bits per heavy atom. The van der Waals surface area contributed by atoms with Crippen LogP contribution >= 0.6 is 0 Å². The molecule has 1 aromatic heterocycles. The van der Waals surface area contributed by atoms with Gasteiger partial charge in [0, 0.05) is 74.8 Å². The molecule has 0 bridgehead atoms. The first kappa shape index (κ1) is 22.3. The molecule has 3 aliphatic heterocycles. The van der Waals surface area contributed by atoms with Crippen LogP contribution in [0.1, 0.15) is 36.6 Å². The van der Waals surface area contributed by atoms with Gasteiger partial charge in [0.15, 0.2) is 0 Å². The molecule has 6 rings (SSSR count). The van der Waals surface area contributed by atoms with Gasteiger partial charge >= 0.3 is 0 Å². The highest BCUT2D eigenvalue weighted by Crippen LogP contribution is 2.42. The highest BCUT2D eigenvalue weighted by atomic mass is 16.3. The van der Waals surface area contributed by atoms with Crippen molar-refractivity contribution in [1.29, 1.82) is 5.26 Å². The normalized spacial score (nSPS) is 26.8. The Balaban J connectivity index is 1.31. The van der Waals surface area contributed by atoms with Crippen LogP contribution in [0.4, 0.5) is 11.4 Å². The van der Waals surface area contributed by atoms with Gasteiger partial charge in [-0.25, -0.2) is 0 Å². The van der Waals surface area contributed by atoms with Crippen LogP contribution in [0.5, 0.6) is 0 Å². The number of aliphatic hydroxyl groups is 1. The Kier molecular flexibility index (Phi) is 5.41. The molecule has 7 nitrogen and oxygen atoms in total. The molecule has 4 heterocycles. The van der Waals surface area contributed by atoms with Crippen LogP contribution in [0.25, 0.3) is 10.9 Å². The Hall–Kier alpha value is -3.18. The van der Waals surface area contributed by atoms with Gasteiger partial charge in [0.1, 0.15) is 6.07 Å². The van der Waals surface area contributed by atoms with Gasteiger partial charge in [0.2, 0.25) is 0 Å². The molecule has 3 aliphatic rings. The lowest BCUT2D eigenvalue weighted by Crippen LogP contribution is -2.51. The predicted molar refractivity (Wildman–Crippen MR) is 139 cm³/mol. The number of anilines is 2. The van der Waals surface area contributed by atoms with Crippen LogP contribution in [0.15, 0.2) is 48.7 Å². The predicted octanol–water partition coefficient (Wildman–Crippen LogP) is 3.03. The second kappa shape index (κ2) is 8.49. The third kappa shape index (κ3) is 3.92. The van der Waals surface area contributed by atoms with Gasteiger partial charge in [-0.1, -0.05) is 6.07 Å². The van der Waals surface area contributed by atoms with Crippen molar-refractivity contribution < 1.29 is 5.11 Å². The zero-order valence-electron chi connectivity index (χ0n) is 20.4. The van der Waals surface area contributed by atoms with Gasteiger partial charge < -0.3 is 20.2 Å². The minimum absolute atomic E-state index is 0.332. The number of fused-ring (bicyclic) bond motifs is 4. The van der Waals surface area contributed by atoms with Crippen molar-refractivity contribution in [3.63, 3.8) is 0 Å². The molecular weight excluding hydrogens is 436 g/mol. The summed E-state index contributed by atoms with van der Waals surface area (Å²) in [6.07, 6.45) is 1.76. The number of nitriles is 1. The fourth-order valence-electron chi connectivity index (χ4n) is 6.17. The van der Waals surface area contributed by atoms with Crippen molar-refractivity contribution in [1.82, 2.24) is 15.2 Å². The number of benzene rings is 2. The van der Waals surface area contributed by atoms with E-state index in [-0.39, 0.29) is 0 Å². The summed E-state index contributed by atoms with van der Waals surface area (Å²) < 4.78 is 0. The number of pyridine rings is 1. The molecule has 0 spiro atoms. The van der Waals surface area contributed by atoms with Gasteiger partial charge in [0.25, 0.3) is 0 Å². The average molecular weight is 469 g/mol. The molecule has 0 aliphatic carbocycles. The number of hydrogen-bond donors (Lipinski definition) is 2. The number of rotatable bonds is 2. The molecule has 35 heavy (non-hydrogen) atoms. The van der Waals surface area contributed by atoms with Gasteiger partial charge in [0.05, 0.1) is 22.7 Å². The fourth-order valence-corrected chi connectivity index (χ4v) is 6.17. The molecule has 2 saturated heterocycles. The minimum Gasteiger partial charge on any atom is -0.387 e. The Morgan fingerprint density at radius 1 is 1.17 bits per heavy atom. The standard InChI is InChI=1S/C28H32N6O/c1-19-14-33(25-8-5-20(13-29)27-24(25)4-3-9-31-27)16-26-23-7-6-22(12-21(23)15-34(19)26)32-11-10-30-17-28(2,35)18-32/h3-9,12,19,26,30,35H,10-11,14-18H2,1-2H3/t19-,26-,28-/m1/s1. The lowest BCUT2D eigenvalue weighted by Gasteiger charge is -2.44. The highest BCUT2D eigenvalue weighted by molar-refractivity contribution is 5.95. The summed E-state index contributed by atoms with van der Waals surface area (Å²) in [5.41, 5.74) is 5.81. The van der Waals surface area contributed by atoms with Crippen LogP contribution in [0.3, 0.4) is 0 Å². The SMILES string of the molecule is C[C@@H]1CN(c2ccc(C#N)c3ncccc23)C[C@@H]2c3ccc(N4CCNC[C@@](C)(O)C4)cc3CN12. The largest absolute Gasteiger partial charge is 0.387 e. The van der Waals surface area contributed by atoms with E-state index in [1.165, 1.54) is 16.8 Å². The van der Waals surface area contributed by atoms with Crippen LogP contribution in [0, 0.1) is 11.3 Å². The molecule has 0 amide bonds. The third-order valence-electron chi connectivity index (χ3n) is 7.85. The summed E-state index contributed by atoms with van der Waals surface area (Å²) >= 11 is 0. The van der Waals surface area contributed by atoms with Crippen molar-refractivity contribution in [2.75, 3.05) is 49.1 Å². The summed E-state index contributed by atoms with van der Waals surface area (Å²) in [5.74, 6) is 0. The van der Waals surface area contributed by atoms with Gasteiger partial charge in [-0.15, -0.1) is 0 Å². The van der Waals surface area contributed by atoms with E-state index in [9.17, 15) is 10.4 Å². The number of β-amino-alcohol motifs (C(OH)–C–C–N with tert-alkyl or cyclic N) is 1. The van der Waals surface area contributed by atoms with Crippen molar-refractivity contribution >= 4 is 22.3 Å². The summed E-state index contributed by atoms with van der Waals surface area (Å²) in [4.78, 5) is 11.9. The molecule has 2 fully saturated rings. The van der Waals surface area contributed by atoms with Crippen LogP contribution in [0.2, 0.25) is 0 Å².